The SMILES string of the molecule is NC1(c2ncc3cccc(C(F)(F)F)n23)CC1. The first-order valence-electron chi connectivity index (χ1n) is 5.25. The molecule has 0 radical (unpaired) electrons. The highest BCUT2D eigenvalue weighted by atomic mass is 19.4. The van der Waals surface area contributed by atoms with Gasteiger partial charge in [0.15, 0.2) is 0 Å². The Morgan fingerprint density at radius 1 is 1.29 bits per heavy atom. The lowest BCUT2D eigenvalue weighted by atomic mass is 10.2. The second-order valence-corrected chi connectivity index (χ2v) is 4.41. The number of nitrogens with two attached hydrogens (primary N) is 1. The third kappa shape index (κ3) is 1.51. The molecule has 0 atom stereocenters. The Morgan fingerprint density at radius 2 is 2.00 bits per heavy atom. The zero-order chi connectivity index (χ0) is 12.3. The molecule has 0 unspecified atom stereocenters. The van der Waals surface area contributed by atoms with Crippen molar-refractivity contribution in [2.24, 2.45) is 5.73 Å². The fraction of sp³-hybridized carbons (Fsp3) is 0.364. The Labute approximate surface area is 95.1 Å². The lowest BCUT2D eigenvalue weighted by Gasteiger charge is -2.14. The molecule has 2 N–H and O–H groups in total. The molecule has 2 aromatic rings. The average molecular weight is 241 g/mol. The maximum Gasteiger partial charge on any atom is 0.431 e. The fourth-order valence-electron chi connectivity index (χ4n) is 1.98. The van der Waals surface area contributed by atoms with Crippen LogP contribution in [0.1, 0.15) is 24.4 Å². The number of hydrogen-bond donors (Lipinski definition) is 1. The molecule has 0 aromatic carbocycles. The Balaban J connectivity index is 2.32. The molecular weight excluding hydrogens is 231 g/mol. The first kappa shape index (κ1) is 10.6. The van der Waals surface area contributed by atoms with E-state index in [1.807, 2.05) is 0 Å². The summed E-state index contributed by atoms with van der Waals surface area (Å²) in [5.74, 6) is 0.306. The fourth-order valence-corrected chi connectivity index (χ4v) is 1.98. The van der Waals surface area contributed by atoms with Crippen LogP contribution < -0.4 is 5.73 Å². The molecule has 6 heteroatoms. The Kier molecular flexibility index (Phi) is 1.87. The maximum absolute atomic E-state index is 12.9. The van der Waals surface area contributed by atoms with E-state index in [0.29, 0.717) is 24.2 Å². The van der Waals surface area contributed by atoms with Gasteiger partial charge >= 0.3 is 6.18 Å². The van der Waals surface area contributed by atoms with Crippen LogP contribution in [0.15, 0.2) is 24.4 Å². The van der Waals surface area contributed by atoms with Crippen LogP contribution in [0, 0.1) is 0 Å². The molecule has 1 fully saturated rings. The zero-order valence-corrected chi connectivity index (χ0v) is 8.83. The van der Waals surface area contributed by atoms with Crippen molar-refractivity contribution in [2.75, 3.05) is 0 Å². The number of nitrogens with zero attached hydrogens (tertiary/aromatic N) is 2. The van der Waals surface area contributed by atoms with Gasteiger partial charge in [-0.25, -0.2) is 4.98 Å². The highest BCUT2D eigenvalue weighted by Crippen LogP contribution is 2.43. The van der Waals surface area contributed by atoms with Gasteiger partial charge in [0.1, 0.15) is 11.5 Å². The van der Waals surface area contributed by atoms with Gasteiger partial charge in [-0.1, -0.05) is 6.07 Å². The average Bonchev–Trinajstić information content (AvgIpc) is 2.84. The van der Waals surface area contributed by atoms with Gasteiger partial charge in [0.2, 0.25) is 0 Å². The summed E-state index contributed by atoms with van der Waals surface area (Å²) >= 11 is 0. The summed E-state index contributed by atoms with van der Waals surface area (Å²) in [6.07, 6.45) is -1.62. The van der Waals surface area contributed by atoms with Crippen LogP contribution in [-0.4, -0.2) is 9.38 Å². The van der Waals surface area contributed by atoms with Crippen LogP contribution in [0.25, 0.3) is 5.52 Å². The van der Waals surface area contributed by atoms with E-state index in [-0.39, 0.29) is 0 Å². The van der Waals surface area contributed by atoms with Crippen LogP contribution >= 0.6 is 0 Å². The van der Waals surface area contributed by atoms with Crippen LogP contribution in [0.4, 0.5) is 13.2 Å². The van der Waals surface area contributed by atoms with E-state index >= 15 is 0 Å². The van der Waals surface area contributed by atoms with Gasteiger partial charge < -0.3 is 5.73 Å². The summed E-state index contributed by atoms with van der Waals surface area (Å²) in [4.78, 5) is 4.04. The topological polar surface area (TPSA) is 43.3 Å². The summed E-state index contributed by atoms with van der Waals surface area (Å²) in [5, 5.41) is 0. The molecule has 0 aliphatic heterocycles. The standard InChI is InChI=1S/C11H10F3N3/c12-11(13,14)8-3-1-2-7-6-16-9(17(7)8)10(15)4-5-10/h1-3,6H,4-5,15H2. The zero-order valence-electron chi connectivity index (χ0n) is 8.83. The van der Waals surface area contributed by atoms with Gasteiger partial charge in [0, 0.05) is 0 Å². The molecule has 1 aliphatic rings. The quantitative estimate of drug-likeness (QED) is 0.832. The van der Waals surface area contributed by atoms with Crippen molar-refractivity contribution >= 4 is 5.52 Å². The lowest BCUT2D eigenvalue weighted by molar-refractivity contribution is -0.142. The van der Waals surface area contributed by atoms with Crippen molar-refractivity contribution in [3.05, 3.63) is 35.9 Å². The molecule has 2 aromatic heterocycles. The predicted octanol–water partition coefficient (Wildman–Crippen LogP) is 2.30. The summed E-state index contributed by atoms with van der Waals surface area (Å²) < 4.78 is 39.8. The molecule has 1 aliphatic carbocycles. The van der Waals surface area contributed by atoms with Crippen molar-refractivity contribution in [1.29, 1.82) is 0 Å². The number of hydrogen-bond acceptors (Lipinski definition) is 2. The number of alkyl halides is 3. The number of pyridine rings is 1. The van der Waals surface area contributed by atoms with E-state index in [9.17, 15) is 13.2 Å². The molecule has 0 amide bonds. The first-order chi connectivity index (χ1) is 7.92. The first-order valence-corrected chi connectivity index (χ1v) is 5.25. The molecule has 1 saturated carbocycles. The van der Waals surface area contributed by atoms with Crippen LogP contribution in [-0.2, 0) is 11.7 Å². The third-order valence-corrected chi connectivity index (χ3v) is 3.08. The third-order valence-electron chi connectivity index (χ3n) is 3.08. The van der Waals surface area contributed by atoms with Gasteiger partial charge in [-0.3, -0.25) is 4.40 Å². The highest BCUT2D eigenvalue weighted by molar-refractivity contribution is 5.49. The smallest absolute Gasteiger partial charge is 0.319 e. The predicted molar refractivity (Wildman–Crippen MR) is 55.3 cm³/mol. The number of aromatic nitrogens is 2. The molecule has 0 bridgehead atoms. The van der Waals surface area contributed by atoms with Crippen LogP contribution in [0.5, 0.6) is 0 Å². The number of imidazole rings is 1. The highest BCUT2D eigenvalue weighted by Gasteiger charge is 2.45. The van der Waals surface area contributed by atoms with E-state index in [0.717, 1.165) is 10.5 Å². The molecule has 2 heterocycles. The normalized spacial score (nSPS) is 18.6. The van der Waals surface area contributed by atoms with Crippen molar-refractivity contribution in [3.63, 3.8) is 0 Å². The minimum atomic E-state index is -4.40. The molecule has 0 spiro atoms. The van der Waals surface area contributed by atoms with Crippen molar-refractivity contribution in [3.8, 4) is 0 Å². The van der Waals surface area contributed by atoms with E-state index in [4.69, 9.17) is 5.73 Å². The molecule has 90 valence electrons. The van der Waals surface area contributed by atoms with Crippen molar-refractivity contribution in [1.82, 2.24) is 9.38 Å². The minimum absolute atomic E-state index is 0.306. The van der Waals surface area contributed by atoms with E-state index in [2.05, 4.69) is 4.98 Å². The molecule has 0 saturated heterocycles. The van der Waals surface area contributed by atoms with Gasteiger partial charge in [0.25, 0.3) is 0 Å². The van der Waals surface area contributed by atoms with E-state index in [1.54, 1.807) is 6.07 Å². The van der Waals surface area contributed by atoms with E-state index in [1.165, 1.54) is 12.3 Å². The maximum atomic E-state index is 12.9. The number of halogens is 3. The monoisotopic (exact) mass is 241 g/mol. The second-order valence-electron chi connectivity index (χ2n) is 4.41. The van der Waals surface area contributed by atoms with Gasteiger partial charge in [-0.05, 0) is 25.0 Å². The molecular formula is C11H10F3N3. The van der Waals surface area contributed by atoms with E-state index < -0.39 is 17.4 Å². The summed E-state index contributed by atoms with van der Waals surface area (Å²) in [7, 11) is 0. The van der Waals surface area contributed by atoms with Crippen molar-refractivity contribution in [2.45, 2.75) is 24.6 Å². The van der Waals surface area contributed by atoms with Crippen molar-refractivity contribution < 1.29 is 13.2 Å². The Hall–Kier alpha value is -1.56. The second kappa shape index (κ2) is 3.01. The lowest BCUT2D eigenvalue weighted by Crippen LogP contribution is -2.24. The summed E-state index contributed by atoms with van der Waals surface area (Å²) in [5.41, 5.74) is 4.95. The Bertz CT molecular complexity index is 581. The largest absolute Gasteiger partial charge is 0.431 e. The molecule has 3 nitrogen and oxygen atoms in total. The summed E-state index contributed by atoms with van der Waals surface area (Å²) in [6, 6.07) is 4.01. The summed E-state index contributed by atoms with van der Waals surface area (Å²) in [6.45, 7) is 0. The van der Waals surface area contributed by atoms with Gasteiger partial charge in [0.05, 0.1) is 17.3 Å². The van der Waals surface area contributed by atoms with Crippen LogP contribution in [0.3, 0.4) is 0 Å². The van der Waals surface area contributed by atoms with Gasteiger partial charge in [-0.15, -0.1) is 0 Å². The Morgan fingerprint density at radius 3 is 2.59 bits per heavy atom. The molecule has 17 heavy (non-hydrogen) atoms. The van der Waals surface area contributed by atoms with Crippen LogP contribution in [0.2, 0.25) is 0 Å². The molecule has 3 rings (SSSR count). The number of fused-ring (bicyclic) bond motifs is 1. The number of rotatable bonds is 1. The van der Waals surface area contributed by atoms with Gasteiger partial charge in [-0.2, -0.15) is 13.2 Å². The minimum Gasteiger partial charge on any atom is -0.319 e.